The molecular weight excluding hydrogens is 570 g/mol. The van der Waals surface area contributed by atoms with Gasteiger partial charge in [-0.25, -0.2) is 0 Å². The number of nitrogens with one attached hydrogen (secondary N) is 2. The molecule has 1 saturated heterocycles. The molecule has 0 radical (unpaired) electrons. The number of carbonyl (C=O) groups is 4. The average molecular weight is 594 g/mol. The van der Waals surface area contributed by atoms with Crippen molar-refractivity contribution in [3.05, 3.63) is 92.8 Å². The molecule has 0 atom stereocenters. The molecule has 3 aromatic carbocycles. The first-order valence-electron chi connectivity index (χ1n) is 11.6. The number of ether oxygens (including phenoxy) is 1. The third-order valence-electron chi connectivity index (χ3n) is 5.62. The molecule has 0 aromatic heterocycles. The van der Waals surface area contributed by atoms with E-state index in [0.717, 1.165) is 32.3 Å². The van der Waals surface area contributed by atoms with Crippen LogP contribution in [0.2, 0.25) is 0 Å². The summed E-state index contributed by atoms with van der Waals surface area (Å²) in [6.45, 7) is 3.39. The van der Waals surface area contributed by atoms with E-state index in [-0.39, 0.29) is 17.4 Å². The van der Waals surface area contributed by atoms with Crippen LogP contribution in [-0.4, -0.2) is 41.0 Å². The Bertz CT molecular complexity index is 1440. The summed E-state index contributed by atoms with van der Waals surface area (Å²) in [7, 11) is 0. The Morgan fingerprint density at radius 3 is 2.37 bits per heavy atom. The lowest BCUT2D eigenvalue weighted by Gasteiger charge is -2.12. The highest BCUT2D eigenvalue weighted by molar-refractivity contribution is 9.10. The maximum atomic E-state index is 12.8. The molecule has 8 nitrogen and oxygen atoms in total. The van der Waals surface area contributed by atoms with Gasteiger partial charge in [-0.2, -0.15) is 0 Å². The number of thioether (sulfide) groups is 1. The first kappa shape index (κ1) is 27.2. The molecule has 0 saturated carbocycles. The fraction of sp³-hybridized carbons (Fsp3) is 0.143. The summed E-state index contributed by atoms with van der Waals surface area (Å²) >= 11 is 4.08. The van der Waals surface area contributed by atoms with Gasteiger partial charge in [-0.05, 0) is 96.9 Å². The van der Waals surface area contributed by atoms with Crippen LogP contribution in [0.4, 0.5) is 16.2 Å². The minimum absolute atomic E-state index is 0.191. The van der Waals surface area contributed by atoms with Crippen LogP contribution in [0.5, 0.6) is 5.75 Å². The van der Waals surface area contributed by atoms with Gasteiger partial charge in [0.15, 0.2) is 6.61 Å². The number of benzene rings is 3. The van der Waals surface area contributed by atoms with Gasteiger partial charge in [0.05, 0.1) is 4.91 Å². The zero-order valence-corrected chi connectivity index (χ0v) is 23.0. The summed E-state index contributed by atoms with van der Waals surface area (Å²) in [6, 6.07) is 19.4. The van der Waals surface area contributed by atoms with Crippen LogP contribution in [0.3, 0.4) is 0 Å². The summed E-state index contributed by atoms with van der Waals surface area (Å²) < 4.78 is 6.48. The van der Waals surface area contributed by atoms with E-state index in [9.17, 15) is 19.2 Å². The molecule has 0 spiro atoms. The lowest BCUT2D eigenvalue weighted by Crippen LogP contribution is -2.36. The second kappa shape index (κ2) is 12.1. The third kappa shape index (κ3) is 7.11. The standard InChI is InChI=1S/C28H24BrN3O5S/c1-17-6-9-22(12-18(17)2)31-26(34)16-37-23-5-3-4-19(13-23)14-24-27(35)32(28(36)38-24)15-25(33)30-21-10-7-20(29)8-11-21/h3-14H,15-16H2,1-2H3,(H,30,33)(H,31,34)/b24-14-. The molecule has 3 aromatic rings. The number of imide groups is 1. The van der Waals surface area contributed by atoms with Crippen LogP contribution in [0.1, 0.15) is 16.7 Å². The molecule has 4 amide bonds. The SMILES string of the molecule is Cc1ccc(NC(=O)COc2cccc(/C=C3\SC(=O)N(CC(=O)Nc4ccc(Br)cc4)C3=O)c2)cc1C. The van der Waals surface area contributed by atoms with Gasteiger partial charge in [0.1, 0.15) is 12.3 Å². The van der Waals surface area contributed by atoms with Crippen molar-refractivity contribution >= 4 is 68.1 Å². The molecule has 1 fully saturated rings. The molecule has 1 heterocycles. The number of aryl methyl sites for hydroxylation is 2. The second-order valence-electron chi connectivity index (χ2n) is 8.53. The quantitative estimate of drug-likeness (QED) is 0.322. The van der Waals surface area contributed by atoms with Gasteiger partial charge in [0.25, 0.3) is 17.1 Å². The molecule has 1 aliphatic rings. The Labute approximate surface area is 232 Å². The van der Waals surface area contributed by atoms with Gasteiger partial charge >= 0.3 is 0 Å². The largest absolute Gasteiger partial charge is 0.484 e. The molecule has 4 rings (SSSR count). The van der Waals surface area contributed by atoms with Crippen molar-refractivity contribution in [2.45, 2.75) is 13.8 Å². The van der Waals surface area contributed by atoms with Crippen molar-refractivity contribution in [2.24, 2.45) is 0 Å². The van der Waals surface area contributed by atoms with Gasteiger partial charge in [0, 0.05) is 15.8 Å². The van der Waals surface area contributed by atoms with E-state index in [1.54, 1.807) is 54.6 Å². The molecule has 0 bridgehead atoms. The van der Waals surface area contributed by atoms with Crippen LogP contribution in [0.25, 0.3) is 6.08 Å². The van der Waals surface area contributed by atoms with Crippen molar-refractivity contribution in [2.75, 3.05) is 23.8 Å². The number of anilines is 2. The van der Waals surface area contributed by atoms with Crippen LogP contribution >= 0.6 is 27.7 Å². The highest BCUT2D eigenvalue weighted by Crippen LogP contribution is 2.32. The fourth-order valence-corrected chi connectivity index (χ4v) is 4.63. The van der Waals surface area contributed by atoms with Crippen molar-refractivity contribution in [1.29, 1.82) is 0 Å². The summed E-state index contributed by atoms with van der Waals surface area (Å²) in [5, 5.41) is 4.94. The summed E-state index contributed by atoms with van der Waals surface area (Å²) in [4.78, 5) is 51.0. The number of nitrogens with zero attached hydrogens (tertiary/aromatic N) is 1. The van der Waals surface area contributed by atoms with Crippen molar-refractivity contribution in [1.82, 2.24) is 4.90 Å². The number of halogens is 1. The van der Waals surface area contributed by atoms with Crippen LogP contribution in [0, 0.1) is 13.8 Å². The Morgan fingerprint density at radius 2 is 1.63 bits per heavy atom. The van der Waals surface area contributed by atoms with E-state index in [0.29, 0.717) is 22.7 Å². The van der Waals surface area contributed by atoms with E-state index in [1.165, 1.54) is 0 Å². The van der Waals surface area contributed by atoms with Crippen molar-refractivity contribution in [3.8, 4) is 5.75 Å². The number of amides is 4. The van der Waals surface area contributed by atoms with Crippen LogP contribution in [0.15, 0.2) is 76.1 Å². The smallest absolute Gasteiger partial charge is 0.294 e. The minimum Gasteiger partial charge on any atom is -0.484 e. The van der Waals surface area contributed by atoms with Gasteiger partial charge in [0.2, 0.25) is 5.91 Å². The zero-order valence-electron chi connectivity index (χ0n) is 20.6. The molecule has 38 heavy (non-hydrogen) atoms. The van der Waals surface area contributed by atoms with E-state index >= 15 is 0 Å². The molecule has 0 unspecified atom stereocenters. The first-order chi connectivity index (χ1) is 18.2. The maximum absolute atomic E-state index is 12.8. The summed E-state index contributed by atoms with van der Waals surface area (Å²) in [6.07, 6.45) is 1.56. The lowest BCUT2D eigenvalue weighted by atomic mass is 10.1. The topological polar surface area (TPSA) is 105 Å². The van der Waals surface area contributed by atoms with Gasteiger partial charge in [-0.3, -0.25) is 24.1 Å². The average Bonchev–Trinajstić information content (AvgIpc) is 3.14. The Hall–Kier alpha value is -3.89. The number of hydrogen-bond acceptors (Lipinski definition) is 6. The third-order valence-corrected chi connectivity index (χ3v) is 7.06. The summed E-state index contributed by atoms with van der Waals surface area (Å²) in [5.41, 5.74) is 4.07. The summed E-state index contributed by atoms with van der Waals surface area (Å²) in [5.74, 6) is -0.904. The Balaban J connectivity index is 1.34. The highest BCUT2D eigenvalue weighted by Gasteiger charge is 2.36. The molecule has 10 heteroatoms. The van der Waals surface area contributed by atoms with Gasteiger partial charge in [-0.1, -0.05) is 34.1 Å². The monoisotopic (exact) mass is 593 g/mol. The van der Waals surface area contributed by atoms with Crippen LogP contribution in [-0.2, 0) is 14.4 Å². The molecule has 194 valence electrons. The van der Waals surface area contributed by atoms with Gasteiger partial charge < -0.3 is 15.4 Å². The molecule has 0 aliphatic carbocycles. The minimum atomic E-state index is -0.551. The lowest BCUT2D eigenvalue weighted by molar-refractivity contribution is -0.127. The predicted octanol–water partition coefficient (Wildman–Crippen LogP) is 5.76. The fourth-order valence-electron chi connectivity index (χ4n) is 3.52. The highest BCUT2D eigenvalue weighted by atomic mass is 79.9. The van der Waals surface area contributed by atoms with Crippen LogP contribution < -0.4 is 15.4 Å². The van der Waals surface area contributed by atoms with Crippen molar-refractivity contribution < 1.29 is 23.9 Å². The van der Waals surface area contributed by atoms with E-state index in [4.69, 9.17) is 4.74 Å². The zero-order chi connectivity index (χ0) is 27.2. The second-order valence-corrected chi connectivity index (χ2v) is 10.4. The first-order valence-corrected chi connectivity index (χ1v) is 13.2. The maximum Gasteiger partial charge on any atom is 0.294 e. The predicted molar refractivity (Wildman–Crippen MR) is 152 cm³/mol. The number of carbonyl (C=O) groups excluding carboxylic acids is 4. The normalized spacial score (nSPS) is 14.1. The van der Waals surface area contributed by atoms with Crippen molar-refractivity contribution in [3.63, 3.8) is 0 Å². The molecular formula is C28H24BrN3O5S. The van der Waals surface area contributed by atoms with E-state index in [2.05, 4.69) is 26.6 Å². The van der Waals surface area contributed by atoms with Gasteiger partial charge in [-0.15, -0.1) is 0 Å². The molecule has 2 N–H and O–H groups in total. The number of hydrogen-bond donors (Lipinski definition) is 2. The van der Waals surface area contributed by atoms with E-state index in [1.807, 2.05) is 32.0 Å². The number of rotatable bonds is 8. The van der Waals surface area contributed by atoms with E-state index < -0.39 is 23.6 Å². The Morgan fingerprint density at radius 1 is 0.921 bits per heavy atom. The molecule has 1 aliphatic heterocycles. The Kier molecular flexibility index (Phi) is 8.65.